The van der Waals surface area contributed by atoms with Crippen LogP contribution < -0.4 is 5.32 Å². The molecule has 0 spiro atoms. The van der Waals surface area contributed by atoms with E-state index in [0.717, 1.165) is 33.9 Å². The summed E-state index contributed by atoms with van der Waals surface area (Å²) < 4.78 is 1.81. The van der Waals surface area contributed by atoms with Crippen molar-refractivity contribution < 1.29 is 4.79 Å². The minimum absolute atomic E-state index is 0.0506. The number of thioether (sulfide) groups is 1. The van der Waals surface area contributed by atoms with Crippen molar-refractivity contribution in [3.8, 4) is 11.3 Å². The first kappa shape index (κ1) is 19.2. The average Bonchev–Trinajstić information content (AvgIpc) is 3.18. The summed E-state index contributed by atoms with van der Waals surface area (Å²) in [7, 11) is 0. The number of benzene rings is 2. The summed E-state index contributed by atoms with van der Waals surface area (Å²) in [5.74, 6) is 0.235. The van der Waals surface area contributed by atoms with Crippen molar-refractivity contribution in [2.75, 3.05) is 11.1 Å². The van der Waals surface area contributed by atoms with E-state index in [-0.39, 0.29) is 11.7 Å². The summed E-state index contributed by atoms with van der Waals surface area (Å²) in [6.45, 7) is 4.16. The lowest BCUT2D eigenvalue weighted by molar-refractivity contribution is -0.113. The van der Waals surface area contributed by atoms with Crippen LogP contribution in [0.4, 0.5) is 5.69 Å². The summed E-state index contributed by atoms with van der Waals surface area (Å²) in [5, 5.41) is 8.40. The van der Waals surface area contributed by atoms with Crippen LogP contribution >= 0.6 is 11.8 Å². The molecule has 2 aromatic heterocycles. The Kier molecular flexibility index (Phi) is 5.62. The highest BCUT2D eigenvalue weighted by atomic mass is 32.2. The molecule has 0 saturated heterocycles. The smallest absolute Gasteiger partial charge is 0.234 e. The summed E-state index contributed by atoms with van der Waals surface area (Å²) in [6, 6.07) is 18.2. The monoisotopic (exact) mass is 402 g/mol. The number of fused-ring (bicyclic) bond motifs is 1. The van der Waals surface area contributed by atoms with Crippen molar-refractivity contribution in [1.82, 2.24) is 14.6 Å². The number of anilines is 1. The second kappa shape index (κ2) is 8.49. The number of aryl methyl sites for hydroxylation is 2. The van der Waals surface area contributed by atoms with Gasteiger partial charge in [-0.15, -0.1) is 0 Å². The van der Waals surface area contributed by atoms with Crippen LogP contribution in [0.5, 0.6) is 0 Å². The molecular weight excluding hydrogens is 380 g/mol. The maximum absolute atomic E-state index is 12.4. The Morgan fingerprint density at radius 2 is 1.97 bits per heavy atom. The number of nitrogens with zero attached hydrogens (tertiary/aromatic N) is 3. The zero-order chi connectivity index (χ0) is 20.2. The number of rotatable bonds is 6. The topological polar surface area (TPSA) is 59.3 Å². The molecule has 0 radical (unpaired) electrons. The molecule has 0 bridgehead atoms. The van der Waals surface area contributed by atoms with E-state index in [9.17, 15) is 4.79 Å². The Bertz CT molecular complexity index is 1150. The molecule has 0 unspecified atom stereocenters. The van der Waals surface area contributed by atoms with E-state index in [2.05, 4.69) is 59.6 Å². The molecule has 0 fully saturated rings. The molecule has 6 heteroatoms. The fourth-order valence-corrected chi connectivity index (χ4v) is 3.85. The number of aromatic nitrogens is 3. The number of amides is 1. The summed E-state index contributed by atoms with van der Waals surface area (Å²) in [4.78, 5) is 16.9. The number of nitrogens with one attached hydrogen (secondary N) is 1. The van der Waals surface area contributed by atoms with E-state index in [0.29, 0.717) is 0 Å². The predicted molar refractivity (Wildman–Crippen MR) is 118 cm³/mol. The van der Waals surface area contributed by atoms with Crippen LogP contribution in [0.25, 0.3) is 16.8 Å². The van der Waals surface area contributed by atoms with Crippen molar-refractivity contribution in [3.05, 3.63) is 78.1 Å². The quantitative estimate of drug-likeness (QED) is 0.461. The van der Waals surface area contributed by atoms with Gasteiger partial charge in [-0.05, 0) is 37.1 Å². The first-order valence-corrected chi connectivity index (χ1v) is 10.5. The summed E-state index contributed by atoms with van der Waals surface area (Å²) in [6.07, 6.45) is 4.48. The maximum atomic E-state index is 12.4. The molecule has 146 valence electrons. The minimum Gasteiger partial charge on any atom is -0.325 e. The third-order valence-electron chi connectivity index (χ3n) is 4.66. The molecule has 5 nitrogen and oxygen atoms in total. The van der Waals surface area contributed by atoms with Gasteiger partial charge in [0.1, 0.15) is 5.03 Å². The number of carbonyl (C=O) groups is 1. The highest BCUT2D eigenvalue weighted by Crippen LogP contribution is 2.26. The van der Waals surface area contributed by atoms with Gasteiger partial charge in [-0.2, -0.15) is 5.10 Å². The van der Waals surface area contributed by atoms with E-state index < -0.39 is 0 Å². The second-order valence-corrected chi connectivity index (χ2v) is 7.81. The van der Waals surface area contributed by atoms with E-state index in [1.54, 1.807) is 6.20 Å². The van der Waals surface area contributed by atoms with Crippen LogP contribution in [0.3, 0.4) is 0 Å². The lowest BCUT2D eigenvalue weighted by Crippen LogP contribution is -2.14. The van der Waals surface area contributed by atoms with Gasteiger partial charge < -0.3 is 5.32 Å². The van der Waals surface area contributed by atoms with E-state index in [1.165, 1.54) is 22.9 Å². The largest absolute Gasteiger partial charge is 0.325 e. The molecule has 2 heterocycles. The normalized spacial score (nSPS) is 11.0. The lowest BCUT2D eigenvalue weighted by atomic mass is 10.1. The predicted octanol–water partition coefficient (Wildman–Crippen LogP) is 5.00. The second-order valence-electron chi connectivity index (χ2n) is 6.85. The van der Waals surface area contributed by atoms with Gasteiger partial charge in [-0.25, -0.2) is 9.50 Å². The Morgan fingerprint density at radius 3 is 2.76 bits per heavy atom. The Balaban J connectivity index is 1.49. The molecule has 0 aliphatic rings. The van der Waals surface area contributed by atoms with Crippen LogP contribution in [-0.4, -0.2) is 26.3 Å². The SMILES string of the molecule is CCc1cccc(NC(=O)CSc2nccn3nc(-c4ccc(C)cc4)cc23)c1. The van der Waals surface area contributed by atoms with E-state index >= 15 is 0 Å². The lowest BCUT2D eigenvalue weighted by Gasteiger charge is -2.07. The van der Waals surface area contributed by atoms with Crippen molar-refractivity contribution in [2.24, 2.45) is 0 Å². The number of carbonyl (C=O) groups excluding carboxylic acids is 1. The summed E-state index contributed by atoms with van der Waals surface area (Å²) in [5.41, 5.74) is 6.08. The Labute approximate surface area is 174 Å². The molecule has 1 amide bonds. The van der Waals surface area contributed by atoms with Gasteiger partial charge in [0.25, 0.3) is 0 Å². The van der Waals surface area contributed by atoms with Gasteiger partial charge in [-0.3, -0.25) is 4.79 Å². The molecule has 1 N–H and O–H groups in total. The van der Waals surface area contributed by atoms with E-state index in [1.807, 2.05) is 35.0 Å². The van der Waals surface area contributed by atoms with Gasteiger partial charge in [0.05, 0.1) is 17.0 Å². The van der Waals surface area contributed by atoms with Crippen LogP contribution in [0.1, 0.15) is 18.1 Å². The molecule has 0 saturated carbocycles. The van der Waals surface area contributed by atoms with Crippen molar-refractivity contribution >= 4 is 28.9 Å². The molecule has 29 heavy (non-hydrogen) atoms. The molecule has 0 aliphatic heterocycles. The fraction of sp³-hybridized carbons (Fsp3) is 0.174. The standard InChI is InChI=1S/C23H22N4OS/c1-3-17-5-4-6-19(13-17)25-22(28)15-29-23-21-14-20(26-27(21)12-11-24-23)18-9-7-16(2)8-10-18/h4-14H,3,15H2,1-2H3,(H,25,28). The number of hydrogen-bond donors (Lipinski definition) is 1. The average molecular weight is 403 g/mol. The van der Waals surface area contributed by atoms with Crippen LogP contribution in [-0.2, 0) is 11.2 Å². The molecule has 4 aromatic rings. The van der Waals surface area contributed by atoms with Gasteiger partial charge in [0, 0.05) is 23.6 Å². The number of hydrogen-bond acceptors (Lipinski definition) is 4. The minimum atomic E-state index is -0.0506. The van der Waals surface area contributed by atoms with Gasteiger partial charge in [-0.1, -0.05) is 60.6 Å². The van der Waals surface area contributed by atoms with Crippen LogP contribution in [0, 0.1) is 6.92 Å². The Morgan fingerprint density at radius 1 is 1.14 bits per heavy atom. The first-order valence-electron chi connectivity index (χ1n) is 9.55. The zero-order valence-corrected chi connectivity index (χ0v) is 17.2. The van der Waals surface area contributed by atoms with E-state index in [4.69, 9.17) is 0 Å². The zero-order valence-electron chi connectivity index (χ0n) is 16.4. The summed E-state index contributed by atoms with van der Waals surface area (Å²) >= 11 is 1.41. The van der Waals surface area contributed by atoms with Crippen LogP contribution in [0.15, 0.2) is 72.0 Å². The van der Waals surface area contributed by atoms with Crippen molar-refractivity contribution in [2.45, 2.75) is 25.3 Å². The van der Waals surface area contributed by atoms with Crippen molar-refractivity contribution in [3.63, 3.8) is 0 Å². The molecule has 2 aromatic carbocycles. The molecule has 0 atom stereocenters. The molecule has 0 aliphatic carbocycles. The van der Waals surface area contributed by atoms with Crippen LogP contribution in [0.2, 0.25) is 0 Å². The maximum Gasteiger partial charge on any atom is 0.234 e. The first-order chi connectivity index (χ1) is 14.1. The third kappa shape index (κ3) is 4.49. The molecular formula is C23H22N4OS. The van der Waals surface area contributed by atoms with Gasteiger partial charge >= 0.3 is 0 Å². The highest BCUT2D eigenvalue weighted by Gasteiger charge is 2.11. The highest BCUT2D eigenvalue weighted by molar-refractivity contribution is 8.00. The van der Waals surface area contributed by atoms with Gasteiger partial charge in [0.15, 0.2) is 0 Å². The van der Waals surface area contributed by atoms with Crippen molar-refractivity contribution in [1.29, 1.82) is 0 Å². The van der Waals surface area contributed by atoms with Gasteiger partial charge in [0.2, 0.25) is 5.91 Å². The third-order valence-corrected chi connectivity index (χ3v) is 5.66. The molecule has 4 rings (SSSR count). The fourth-order valence-electron chi connectivity index (χ4n) is 3.07. The Hall–Kier alpha value is -3.12.